The van der Waals surface area contributed by atoms with Crippen molar-refractivity contribution >= 4 is 17.5 Å². The van der Waals surface area contributed by atoms with E-state index in [1.807, 2.05) is 0 Å². The molecule has 5 nitrogen and oxygen atoms in total. The van der Waals surface area contributed by atoms with Gasteiger partial charge in [0.2, 0.25) is 0 Å². The molecule has 6 heteroatoms. The fourth-order valence-corrected chi connectivity index (χ4v) is 1.82. The van der Waals surface area contributed by atoms with Crippen LogP contribution in [0.15, 0.2) is 48.5 Å². The lowest BCUT2D eigenvalue weighted by atomic mass is 10.2. The van der Waals surface area contributed by atoms with Crippen LogP contribution in [0.1, 0.15) is 5.56 Å². The van der Waals surface area contributed by atoms with Crippen LogP contribution in [0.2, 0.25) is 0 Å². The molecule has 2 aromatic rings. The number of carbonyl (C=O) groups excluding carboxylic acids is 2. The van der Waals surface area contributed by atoms with Crippen LogP contribution in [0.25, 0.3) is 0 Å². The van der Waals surface area contributed by atoms with E-state index in [0.717, 1.165) is 0 Å². The lowest BCUT2D eigenvalue weighted by molar-refractivity contribution is -0.136. The Hall–Kier alpha value is -2.89. The number of halogens is 1. The molecule has 0 saturated heterocycles. The Labute approximate surface area is 127 Å². The van der Waals surface area contributed by atoms with Crippen LogP contribution in [-0.4, -0.2) is 18.9 Å². The molecule has 2 N–H and O–H groups in total. The number of anilines is 1. The first kappa shape index (κ1) is 15.5. The second-order valence-corrected chi connectivity index (χ2v) is 4.43. The van der Waals surface area contributed by atoms with Crippen molar-refractivity contribution in [3.8, 4) is 5.75 Å². The minimum absolute atomic E-state index is 0.0646. The van der Waals surface area contributed by atoms with Crippen LogP contribution in [0.5, 0.6) is 5.75 Å². The second-order valence-electron chi connectivity index (χ2n) is 4.43. The van der Waals surface area contributed by atoms with E-state index < -0.39 is 17.6 Å². The van der Waals surface area contributed by atoms with Crippen molar-refractivity contribution in [2.45, 2.75) is 6.54 Å². The molecule has 0 saturated carbocycles. The predicted octanol–water partition coefficient (Wildman–Crippen LogP) is 2.09. The van der Waals surface area contributed by atoms with Crippen molar-refractivity contribution in [3.05, 3.63) is 59.9 Å². The Kier molecular flexibility index (Phi) is 5.08. The number of para-hydroxylation sites is 2. The molecule has 0 radical (unpaired) electrons. The predicted molar refractivity (Wildman–Crippen MR) is 79.9 cm³/mol. The van der Waals surface area contributed by atoms with Crippen LogP contribution in [-0.2, 0) is 16.1 Å². The summed E-state index contributed by atoms with van der Waals surface area (Å²) in [6.07, 6.45) is 0. The molecule has 2 aromatic carbocycles. The number of amides is 2. The molecule has 0 fully saturated rings. The molecule has 2 amide bonds. The van der Waals surface area contributed by atoms with Gasteiger partial charge in [-0.2, -0.15) is 0 Å². The van der Waals surface area contributed by atoms with Crippen molar-refractivity contribution in [1.82, 2.24) is 5.32 Å². The molecule has 114 valence electrons. The molecule has 0 spiro atoms. The third-order valence-electron chi connectivity index (χ3n) is 2.96. The van der Waals surface area contributed by atoms with Gasteiger partial charge in [-0.05, 0) is 18.2 Å². The number of carbonyl (C=O) groups is 2. The highest BCUT2D eigenvalue weighted by atomic mass is 19.1. The highest BCUT2D eigenvalue weighted by molar-refractivity contribution is 6.39. The van der Waals surface area contributed by atoms with Crippen LogP contribution in [0.4, 0.5) is 10.1 Å². The SMILES string of the molecule is COc1ccccc1NC(=O)C(=O)NCc1ccccc1F. The summed E-state index contributed by atoms with van der Waals surface area (Å²) >= 11 is 0. The molecular formula is C16H15FN2O3. The largest absolute Gasteiger partial charge is 0.495 e. The first-order valence-corrected chi connectivity index (χ1v) is 6.57. The van der Waals surface area contributed by atoms with Gasteiger partial charge >= 0.3 is 11.8 Å². The van der Waals surface area contributed by atoms with Gasteiger partial charge in [0, 0.05) is 12.1 Å². The molecular weight excluding hydrogens is 287 g/mol. The third kappa shape index (κ3) is 3.82. The zero-order valence-corrected chi connectivity index (χ0v) is 11.9. The average molecular weight is 302 g/mol. The van der Waals surface area contributed by atoms with E-state index >= 15 is 0 Å². The summed E-state index contributed by atoms with van der Waals surface area (Å²) in [7, 11) is 1.46. The maximum Gasteiger partial charge on any atom is 0.313 e. The molecule has 0 aliphatic rings. The van der Waals surface area contributed by atoms with Crippen LogP contribution in [0.3, 0.4) is 0 Å². The molecule has 0 atom stereocenters. The Morgan fingerprint density at radius 1 is 1.05 bits per heavy atom. The standard InChI is InChI=1S/C16H15FN2O3/c1-22-14-9-5-4-8-13(14)19-16(21)15(20)18-10-11-6-2-3-7-12(11)17/h2-9H,10H2,1H3,(H,18,20)(H,19,21). The number of nitrogens with one attached hydrogen (secondary N) is 2. The number of hydrogen-bond acceptors (Lipinski definition) is 3. The Morgan fingerprint density at radius 2 is 1.73 bits per heavy atom. The summed E-state index contributed by atoms with van der Waals surface area (Å²) in [4.78, 5) is 23.6. The Balaban J connectivity index is 1.95. The zero-order valence-electron chi connectivity index (χ0n) is 11.9. The molecule has 0 aromatic heterocycles. The number of rotatable bonds is 4. The number of benzene rings is 2. The van der Waals surface area contributed by atoms with Crippen LogP contribution in [0, 0.1) is 5.82 Å². The van der Waals surface area contributed by atoms with Crippen molar-refractivity contribution in [3.63, 3.8) is 0 Å². The minimum atomic E-state index is -0.853. The monoisotopic (exact) mass is 302 g/mol. The summed E-state index contributed by atoms with van der Waals surface area (Å²) in [6, 6.07) is 12.7. The van der Waals surface area contributed by atoms with Gasteiger partial charge in [0.1, 0.15) is 11.6 Å². The lowest BCUT2D eigenvalue weighted by Crippen LogP contribution is -2.35. The number of ether oxygens (including phenoxy) is 1. The molecule has 0 heterocycles. The van der Waals surface area contributed by atoms with Gasteiger partial charge in [0.15, 0.2) is 0 Å². The van der Waals surface area contributed by atoms with Gasteiger partial charge in [-0.3, -0.25) is 9.59 Å². The number of methoxy groups -OCH3 is 1. The smallest absolute Gasteiger partial charge is 0.313 e. The number of hydrogen-bond donors (Lipinski definition) is 2. The van der Waals surface area contributed by atoms with E-state index in [0.29, 0.717) is 17.0 Å². The summed E-state index contributed by atoms with van der Waals surface area (Å²) in [6.45, 7) is -0.0646. The van der Waals surface area contributed by atoms with E-state index in [-0.39, 0.29) is 6.54 Å². The summed E-state index contributed by atoms with van der Waals surface area (Å²) in [5, 5.41) is 4.81. The Bertz CT molecular complexity index is 689. The molecule has 2 rings (SSSR count). The average Bonchev–Trinajstić information content (AvgIpc) is 2.54. The summed E-state index contributed by atoms with van der Waals surface area (Å²) in [5.74, 6) is -1.69. The van der Waals surface area contributed by atoms with Crippen molar-refractivity contribution < 1.29 is 18.7 Å². The zero-order chi connectivity index (χ0) is 15.9. The third-order valence-corrected chi connectivity index (χ3v) is 2.96. The van der Waals surface area contributed by atoms with Crippen LogP contribution < -0.4 is 15.4 Å². The highest BCUT2D eigenvalue weighted by Gasteiger charge is 2.15. The molecule has 0 unspecified atom stereocenters. The normalized spacial score (nSPS) is 9.91. The fourth-order valence-electron chi connectivity index (χ4n) is 1.82. The molecule has 22 heavy (non-hydrogen) atoms. The van der Waals surface area contributed by atoms with Crippen molar-refractivity contribution in [2.75, 3.05) is 12.4 Å². The molecule has 0 aliphatic carbocycles. The summed E-state index contributed by atoms with van der Waals surface area (Å²) < 4.78 is 18.5. The minimum Gasteiger partial charge on any atom is -0.495 e. The van der Waals surface area contributed by atoms with E-state index in [4.69, 9.17) is 4.74 Å². The first-order chi connectivity index (χ1) is 10.6. The topological polar surface area (TPSA) is 67.4 Å². The second kappa shape index (κ2) is 7.21. The van der Waals surface area contributed by atoms with Crippen LogP contribution >= 0.6 is 0 Å². The van der Waals surface area contributed by atoms with E-state index in [2.05, 4.69) is 10.6 Å². The van der Waals surface area contributed by atoms with Gasteiger partial charge in [-0.25, -0.2) is 4.39 Å². The van der Waals surface area contributed by atoms with Crippen molar-refractivity contribution in [1.29, 1.82) is 0 Å². The first-order valence-electron chi connectivity index (χ1n) is 6.57. The van der Waals surface area contributed by atoms with Gasteiger partial charge < -0.3 is 15.4 Å². The fraction of sp³-hybridized carbons (Fsp3) is 0.125. The van der Waals surface area contributed by atoms with E-state index in [1.165, 1.54) is 19.2 Å². The van der Waals surface area contributed by atoms with Crippen molar-refractivity contribution in [2.24, 2.45) is 0 Å². The van der Waals surface area contributed by atoms with E-state index in [9.17, 15) is 14.0 Å². The van der Waals surface area contributed by atoms with Gasteiger partial charge in [-0.1, -0.05) is 30.3 Å². The highest BCUT2D eigenvalue weighted by Crippen LogP contribution is 2.22. The summed E-state index contributed by atoms with van der Waals surface area (Å²) in [5.41, 5.74) is 0.692. The molecule has 0 bridgehead atoms. The van der Waals surface area contributed by atoms with E-state index in [1.54, 1.807) is 36.4 Å². The van der Waals surface area contributed by atoms with Gasteiger partial charge in [0.05, 0.1) is 12.8 Å². The maximum atomic E-state index is 13.4. The maximum absolute atomic E-state index is 13.4. The van der Waals surface area contributed by atoms with Gasteiger partial charge in [0.25, 0.3) is 0 Å². The lowest BCUT2D eigenvalue weighted by Gasteiger charge is -2.10. The Morgan fingerprint density at radius 3 is 2.45 bits per heavy atom. The van der Waals surface area contributed by atoms with Gasteiger partial charge in [-0.15, -0.1) is 0 Å². The molecule has 0 aliphatic heterocycles. The quantitative estimate of drug-likeness (QED) is 0.850.